The average molecular weight is 445 g/mol. The average Bonchev–Trinajstić information content (AvgIpc) is 3.18. The highest BCUT2D eigenvalue weighted by molar-refractivity contribution is 6.05. The van der Waals surface area contributed by atoms with Gasteiger partial charge in [0.15, 0.2) is 5.69 Å². The summed E-state index contributed by atoms with van der Waals surface area (Å²) in [4.78, 5) is 40.0. The smallest absolute Gasteiger partial charge is 0.276 e. The van der Waals surface area contributed by atoms with Crippen LogP contribution >= 0.6 is 0 Å². The molecule has 32 heavy (non-hydrogen) atoms. The number of fused-ring (bicyclic) bond motifs is 1. The van der Waals surface area contributed by atoms with Gasteiger partial charge in [0, 0.05) is 25.2 Å². The van der Waals surface area contributed by atoms with Crippen LogP contribution in [0.2, 0.25) is 0 Å². The normalized spacial score (nSPS) is 21.2. The summed E-state index contributed by atoms with van der Waals surface area (Å²) in [6.07, 6.45) is 5.11. The molecule has 1 saturated carbocycles. The topological polar surface area (TPSA) is 96.3 Å². The molecule has 2 heterocycles. The molecule has 1 aliphatic heterocycles. The predicted octanol–water partition coefficient (Wildman–Crippen LogP) is 2.71. The van der Waals surface area contributed by atoms with Crippen molar-refractivity contribution < 1.29 is 23.2 Å². The second-order valence-electron chi connectivity index (χ2n) is 8.60. The van der Waals surface area contributed by atoms with Gasteiger partial charge in [-0.25, -0.2) is 8.78 Å². The van der Waals surface area contributed by atoms with Gasteiger partial charge in [-0.2, -0.15) is 5.10 Å². The quantitative estimate of drug-likeness (QED) is 0.756. The van der Waals surface area contributed by atoms with Gasteiger partial charge < -0.3 is 15.5 Å². The monoisotopic (exact) mass is 445 g/mol. The minimum Gasteiger partial charge on any atom is -0.351 e. The van der Waals surface area contributed by atoms with Crippen LogP contribution in [0.1, 0.15) is 60.0 Å². The number of rotatable bonds is 4. The van der Waals surface area contributed by atoms with E-state index in [1.54, 1.807) is 14.0 Å². The number of carbonyl (C=O) groups excluding carboxylic acids is 3. The highest BCUT2D eigenvalue weighted by Gasteiger charge is 2.46. The summed E-state index contributed by atoms with van der Waals surface area (Å²) in [5, 5.41) is 9.57. The summed E-state index contributed by atoms with van der Waals surface area (Å²) >= 11 is 0. The lowest BCUT2D eigenvalue weighted by Crippen LogP contribution is -2.63. The number of nitrogens with zero attached hydrogens (tertiary/aromatic N) is 3. The zero-order valence-electron chi connectivity index (χ0n) is 18.0. The molecule has 0 bridgehead atoms. The van der Waals surface area contributed by atoms with E-state index in [0.717, 1.165) is 44.2 Å². The lowest BCUT2D eigenvalue weighted by Gasteiger charge is -2.41. The Morgan fingerprint density at radius 1 is 1.16 bits per heavy atom. The molecule has 10 heteroatoms. The maximum absolute atomic E-state index is 13.9. The van der Waals surface area contributed by atoms with Crippen molar-refractivity contribution in [3.8, 4) is 0 Å². The van der Waals surface area contributed by atoms with E-state index >= 15 is 0 Å². The van der Waals surface area contributed by atoms with E-state index in [1.165, 1.54) is 15.6 Å². The Bertz CT molecular complexity index is 1080. The SMILES string of the molecule is CN1C(=O)c2cc(C(=O)Nc3ccc(F)cc3F)nn2C[C@]1(C)C(=O)NC1CCCCC1. The Labute approximate surface area is 184 Å². The lowest BCUT2D eigenvalue weighted by molar-refractivity contribution is -0.133. The van der Waals surface area contributed by atoms with Crippen LogP contribution < -0.4 is 10.6 Å². The van der Waals surface area contributed by atoms with Gasteiger partial charge >= 0.3 is 0 Å². The van der Waals surface area contributed by atoms with Crippen molar-refractivity contribution in [1.29, 1.82) is 0 Å². The molecule has 1 fully saturated rings. The molecule has 3 amide bonds. The number of halogens is 2. The third-order valence-corrected chi connectivity index (χ3v) is 6.34. The van der Waals surface area contributed by atoms with Gasteiger partial charge in [-0.05, 0) is 31.9 Å². The highest BCUT2D eigenvalue weighted by Crippen LogP contribution is 2.27. The Balaban J connectivity index is 1.54. The van der Waals surface area contributed by atoms with Crippen molar-refractivity contribution in [2.75, 3.05) is 12.4 Å². The van der Waals surface area contributed by atoms with E-state index in [4.69, 9.17) is 0 Å². The predicted molar refractivity (Wildman–Crippen MR) is 112 cm³/mol. The number of carbonyl (C=O) groups is 3. The van der Waals surface area contributed by atoms with Crippen LogP contribution in [0.15, 0.2) is 24.3 Å². The van der Waals surface area contributed by atoms with Crippen LogP contribution in [-0.4, -0.2) is 51.0 Å². The minimum atomic E-state index is -1.18. The number of nitrogens with one attached hydrogen (secondary N) is 2. The molecule has 0 spiro atoms. The molecule has 8 nitrogen and oxygen atoms in total. The van der Waals surface area contributed by atoms with Crippen molar-refractivity contribution in [3.63, 3.8) is 0 Å². The van der Waals surface area contributed by atoms with Crippen LogP contribution in [0, 0.1) is 11.6 Å². The fourth-order valence-electron chi connectivity index (χ4n) is 4.20. The number of hydrogen-bond acceptors (Lipinski definition) is 4. The number of benzene rings is 1. The molecule has 1 aliphatic carbocycles. The molecule has 170 valence electrons. The summed E-state index contributed by atoms with van der Waals surface area (Å²) in [7, 11) is 1.55. The molecular weight excluding hydrogens is 420 g/mol. The summed E-state index contributed by atoms with van der Waals surface area (Å²) in [5.74, 6) is -3.15. The first-order chi connectivity index (χ1) is 15.2. The van der Waals surface area contributed by atoms with Gasteiger partial charge in [-0.3, -0.25) is 19.1 Å². The third kappa shape index (κ3) is 3.96. The highest BCUT2D eigenvalue weighted by atomic mass is 19.1. The van der Waals surface area contributed by atoms with Crippen molar-refractivity contribution >= 4 is 23.4 Å². The van der Waals surface area contributed by atoms with Gasteiger partial charge in [0.25, 0.3) is 11.8 Å². The van der Waals surface area contributed by atoms with Crippen molar-refractivity contribution in [3.05, 3.63) is 47.3 Å². The number of likely N-dealkylation sites (N-methyl/N-ethyl adjacent to an activating group) is 1. The molecule has 0 radical (unpaired) electrons. The first kappa shape index (κ1) is 21.9. The fourth-order valence-corrected chi connectivity index (χ4v) is 4.20. The van der Waals surface area contributed by atoms with E-state index in [-0.39, 0.29) is 35.6 Å². The molecule has 1 aromatic heterocycles. The van der Waals surface area contributed by atoms with Crippen molar-refractivity contribution in [1.82, 2.24) is 20.0 Å². The molecule has 0 unspecified atom stereocenters. The van der Waals surface area contributed by atoms with Gasteiger partial charge in [-0.1, -0.05) is 19.3 Å². The van der Waals surface area contributed by atoms with Gasteiger partial charge in [0.05, 0.1) is 12.2 Å². The molecule has 2 aromatic rings. The Morgan fingerprint density at radius 3 is 2.56 bits per heavy atom. The summed E-state index contributed by atoms with van der Waals surface area (Å²) < 4.78 is 28.3. The Kier molecular flexibility index (Phi) is 5.70. The molecule has 1 atom stereocenters. The van der Waals surface area contributed by atoms with E-state index in [9.17, 15) is 23.2 Å². The standard InChI is InChI=1S/C22H25F2N5O3/c1-22(21(32)25-14-6-4-3-5-7-14)12-29-18(20(31)28(22)2)11-17(27-29)19(30)26-16-9-8-13(23)10-15(16)24/h8-11,14H,3-7,12H2,1-2H3,(H,25,32)(H,26,30)/t22-/m1/s1. The second kappa shape index (κ2) is 8.33. The van der Waals surface area contributed by atoms with E-state index in [0.29, 0.717) is 6.07 Å². The molecule has 2 N–H and O–H groups in total. The van der Waals surface area contributed by atoms with Crippen LogP contribution in [0.25, 0.3) is 0 Å². The summed E-state index contributed by atoms with van der Waals surface area (Å²) in [6.45, 7) is 1.74. The van der Waals surface area contributed by atoms with E-state index in [1.807, 2.05) is 0 Å². The first-order valence-corrected chi connectivity index (χ1v) is 10.6. The third-order valence-electron chi connectivity index (χ3n) is 6.34. The molecule has 1 aromatic carbocycles. The number of hydrogen-bond donors (Lipinski definition) is 2. The minimum absolute atomic E-state index is 0.0708. The fraction of sp³-hybridized carbons (Fsp3) is 0.455. The first-order valence-electron chi connectivity index (χ1n) is 10.6. The molecular formula is C22H25F2N5O3. The Hall–Kier alpha value is -3.30. The molecule has 4 rings (SSSR count). The molecule has 0 saturated heterocycles. The van der Waals surface area contributed by atoms with Crippen molar-refractivity contribution in [2.24, 2.45) is 0 Å². The Morgan fingerprint density at radius 2 is 1.88 bits per heavy atom. The number of anilines is 1. The summed E-state index contributed by atoms with van der Waals surface area (Å²) in [6, 6.07) is 4.16. The van der Waals surface area contributed by atoms with Crippen molar-refractivity contribution in [2.45, 2.75) is 57.2 Å². The number of amides is 3. The molecule has 2 aliphatic rings. The van der Waals surface area contributed by atoms with Crippen LogP contribution in [0.5, 0.6) is 0 Å². The van der Waals surface area contributed by atoms with Gasteiger partial charge in [-0.15, -0.1) is 0 Å². The van der Waals surface area contributed by atoms with E-state index in [2.05, 4.69) is 15.7 Å². The van der Waals surface area contributed by atoms with Crippen LogP contribution in [0.3, 0.4) is 0 Å². The number of aromatic nitrogens is 2. The maximum Gasteiger partial charge on any atom is 0.276 e. The zero-order chi connectivity index (χ0) is 23.0. The van der Waals surface area contributed by atoms with Gasteiger partial charge in [0.2, 0.25) is 5.91 Å². The summed E-state index contributed by atoms with van der Waals surface area (Å²) in [5.41, 5.74) is -1.34. The second-order valence-corrected chi connectivity index (χ2v) is 8.60. The lowest BCUT2D eigenvalue weighted by atomic mass is 9.92. The largest absolute Gasteiger partial charge is 0.351 e. The zero-order valence-corrected chi connectivity index (χ0v) is 18.0. The van der Waals surface area contributed by atoms with Gasteiger partial charge in [0.1, 0.15) is 22.9 Å². The maximum atomic E-state index is 13.9. The van der Waals surface area contributed by atoms with Crippen LogP contribution in [-0.2, 0) is 11.3 Å². The van der Waals surface area contributed by atoms with E-state index < -0.39 is 29.0 Å². The van der Waals surface area contributed by atoms with Crippen LogP contribution in [0.4, 0.5) is 14.5 Å².